The second-order valence-electron chi connectivity index (χ2n) is 5.41. The van der Waals surface area contributed by atoms with Gasteiger partial charge in [0.25, 0.3) is 0 Å². The first-order chi connectivity index (χ1) is 11.4. The van der Waals surface area contributed by atoms with Crippen molar-refractivity contribution in [3.63, 3.8) is 0 Å². The van der Waals surface area contributed by atoms with Crippen LogP contribution in [-0.4, -0.2) is 65.4 Å². The number of nitrogens with zero attached hydrogens (tertiary/aromatic N) is 6. The molecule has 1 aliphatic heterocycles. The monoisotopic (exact) mass is 441 g/mol. The highest BCUT2D eigenvalue weighted by Gasteiger charge is 2.20. The Morgan fingerprint density at radius 1 is 1.17 bits per heavy atom. The first kappa shape index (κ1) is 18.5. The molecule has 3 heterocycles. The molecule has 0 radical (unpaired) electrons. The molecule has 24 heavy (non-hydrogen) atoms. The Morgan fingerprint density at radius 2 is 2.00 bits per heavy atom. The molecule has 130 valence electrons. The molecule has 2 aromatic rings. The number of hydrogen-bond donors (Lipinski definition) is 1. The van der Waals surface area contributed by atoms with Crippen LogP contribution in [-0.2, 0) is 6.54 Å². The maximum Gasteiger partial charge on any atom is 0.193 e. The van der Waals surface area contributed by atoms with Crippen molar-refractivity contribution in [1.29, 1.82) is 0 Å². The van der Waals surface area contributed by atoms with Crippen molar-refractivity contribution in [2.75, 3.05) is 44.7 Å². The van der Waals surface area contributed by atoms with E-state index >= 15 is 0 Å². The molecule has 1 N–H and O–H groups in total. The second kappa shape index (κ2) is 9.45. The van der Waals surface area contributed by atoms with Crippen molar-refractivity contribution in [3.8, 4) is 0 Å². The van der Waals surface area contributed by atoms with Crippen molar-refractivity contribution < 1.29 is 0 Å². The van der Waals surface area contributed by atoms with Crippen LogP contribution in [0.2, 0.25) is 0 Å². The van der Waals surface area contributed by atoms with Gasteiger partial charge in [-0.2, -0.15) is 5.10 Å². The van der Waals surface area contributed by atoms with E-state index in [9.17, 15) is 0 Å². The Hall–Kier alpha value is -1.84. The third-order valence-electron chi connectivity index (χ3n) is 3.95. The van der Waals surface area contributed by atoms with Crippen molar-refractivity contribution in [3.05, 3.63) is 42.9 Å². The number of pyridine rings is 1. The zero-order chi connectivity index (χ0) is 15.9. The fourth-order valence-electron chi connectivity index (χ4n) is 2.74. The number of rotatable bonds is 4. The smallest absolute Gasteiger partial charge is 0.193 e. The Kier molecular flexibility index (Phi) is 7.29. The zero-order valence-electron chi connectivity index (χ0n) is 13.9. The zero-order valence-corrected chi connectivity index (χ0v) is 16.2. The minimum absolute atomic E-state index is 0. The summed E-state index contributed by atoms with van der Waals surface area (Å²) in [6.45, 7) is 5.44. The number of aromatic nitrogens is 3. The SMILES string of the molecule is CN=C(NCCn1cccn1)N1CCN(c2ccccn2)CC1.I. The molecule has 0 atom stereocenters. The normalized spacial score (nSPS) is 15.1. The number of nitrogens with one attached hydrogen (secondary N) is 1. The van der Waals surface area contributed by atoms with Crippen LogP contribution in [0.1, 0.15) is 0 Å². The largest absolute Gasteiger partial charge is 0.354 e. The van der Waals surface area contributed by atoms with E-state index in [-0.39, 0.29) is 24.0 Å². The molecular weight excluding hydrogens is 417 g/mol. The van der Waals surface area contributed by atoms with E-state index in [2.05, 4.69) is 36.3 Å². The molecule has 0 aliphatic carbocycles. The summed E-state index contributed by atoms with van der Waals surface area (Å²) in [4.78, 5) is 13.4. The van der Waals surface area contributed by atoms with Crippen LogP contribution >= 0.6 is 24.0 Å². The van der Waals surface area contributed by atoms with Crippen LogP contribution in [0.4, 0.5) is 5.82 Å². The molecule has 0 aromatic carbocycles. The summed E-state index contributed by atoms with van der Waals surface area (Å²) in [5.41, 5.74) is 0. The molecule has 0 spiro atoms. The standard InChI is InChI=1S/C16H23N7.HI/c1-17-16(19-8-10-23-9-4-7-20-23)22-13-11-21(12-14-22)15-5-2-3-6-18-15;/h2-7,9H,8,10-14H2,1H3,(H,17,19);1H. The van der Waals surface area contributed by atoms with Gasteiger partial charge in [-0.3, -0.25) is 9.67 Å². The Morgan fingerprint density at radius 3 is 2.62 bits per heavy atom. The molecule has 0 amide bonds. The average molecular weight is 441 g/mol. The topological polar surface area (TPSA) is 61.6 Å². The third kappa shape index (κ3) is 4.83. The lowest BCUT2D eigenvalue weighted by molar-refractivity contribution is 0.370. The van der Waals surface area contributed by atoms with Gasteiger partial charge in [-0.05, 0) is 18.2 Å². The lowest BCUT2D eigenvalue weighted by Crippen LogP contribution is -2.53. The molecule has 0 bridgehead atoms. The van der Waals surface area contributed by atoms with Crippen LogP contribution < -0.4 is 10.2 Å². The van der Waals surface area contributed by atoms with Gasteiger partial charge in [-0.15, -0.1) is 24.0 Å². The minimum Gasteiger partial charge on any atom is -0.354 e. The molecule has 2 aromatic heterocycles. The molecule has 0 unspecified atom stereocenters. The fraction of sp³-hybridized carbons (Fsp3) is 0.438. The van der Waals surface area contributed by atoms with E-state index in [4.69, 9.17) is 0 Å². The number of piperazine rings is 1. The average Bonchev–Trinajstić information content (AvgIpc) is 3.13. The highest BCUT2D eigenvalue weighted by Crippen LogP contribution is 2.12. The van der Waals surface area contributed by atoms with Gasteiger partial charge in [-0.1, -0.05) is 6.07 Å². The maximum atomic E-state index is 4.42. The van der Waals surface area contributed by atoms with Crippen LogP contribution in [0.15, 0.2) is 47.8 Å². The Bertz CT molecular complexity index is 607. The summed E-state index contributed by atoms with van der Waals surface area (Å²) >= 11 is 0. The summed E-state index contributed by atoms with van der Waals surface area (Å²) in [6.07, 6.45) is 5.61. The van der Waals surface area contributed by atoms with E-state index in [0.29, 0.717) is 0 Å². The molecule has 1 aliphatic rings. The first-order valence-electron chi connectivity index (χ1n) is 7.96. The predicted molar refractivity (Wildman–Crippen MR) is 107 cm³/mol. The maximum absolute atomic E-state index is 4.42. The van der Waals surface area contributed by atoms with E-state index in [1.807, 2.05) is 42.3 Å². The van der Waals surface area contributed by atoms with Crippen LogP contribution in [0.25, 0.3) is 0 Å². The highest BCUT2D eigenvalue weighted by molar-refractivity contribution is 14.0. The summed E-state index contributed by atoms with van der Waals surface area (Å²) in [5.74, 6) is 2.01. The van der Waals surface area contributed by atoms with Crippen molar-refractivity contribution in [2.24, 2.45) is 4.99 Å². The van der Waals surface area contributed by atoms with E-state index in [1.165, 1.54) is 0 Å². The van der Waals surface area contributed by atoms with Gasteiger partial charge in [0.1, 0.15) is 5.82 Å². The number of halogens is 1. The highest BCUT2D eigenvalue weighted by atomic mass is 127. The van der Waals surface area contributed by atoms with E-state index in [1.54, 1.807) is 6.20 Å². The van der Waals surface area contributed by atoms with Crippen LogP contribution in [0.5, 0.6) is 0 Å². The summed E-state index contributed by atoms with van der Waals surface area (Å²) in [7, 11) is 1.83. The number of guanidine groups is 1. The van der Waals surface area contributed by atoms with Crippen molar-refractivity contribution >= 4 is 35.8 Å². The predicted octanol–water partition coefficient (Wildman–Crippen LogP) is 1.29. The Balaban J connectivity index is 0.00000208. The number of hydrogen-bond acceptors (Lipinski definition) is 4. The molecular formula is C16H24IN7. The van der Waals surface area contributed by atoms with Gasteiger partial charge in [-0.25, -0.2) is 4.98 Å². The van der Waals surface area contributed by atoms with Crippen LogP contribution in [0.3, 0.4) is 0 Å². The third-order valence-corrected chi connectivity index (χ3v) is 3.95. The van der Waals surface area contributed by atoms with E-state index in [0.717, 1.165) is 51.0 Å². The van der Waals surface area contributed by atoms with Gasteiger partial charge < -0.3 is 15.1 Å². The van der Waals surface area contributed by atoms with E-state index < -0.39 is 0 Å². The Labute approximate surface area is 159 Å². The van der Waals surface area contributed by atoms with Gasteiger partial charge in [0.2, 0.25) is 0 Å². The van der Waals surface area contributed by atoms with Crippen molar-refractivity contribution in [1.82, 2.24) is 25.0 Å². The van der Waals surface area contributed by atoms with Crippen molar-refractivity contribution in [2.45, 2.75) is 6.54 Å². The number of aliphatic imine (C=N–C) groups is 1. The molecule has 8 heteroatoms. The second-order valence-corrected chi connectivity index (χ2v) is 5.41. The van der Waals surface area contributed by atoms with Crippen LogP contribution in [0, 0.1) is 0 Å². The first-order valence-corrected chi connectivity index (χ1v) is 7.96. The fourth-order valence-corrected chi connectivity index (χ4v) is 2.74. The summed E-state index contributed by atoms with van der Waals surface area (Å²) in [6, 6.07) is 7.98. The molecule has 7 nitrogen and oxygen atoms in total. The minimum atomic E-state index is 0. The molecule has 0 saturated carbocycles. The lowest BCUT2D eigenvalue weighted by Gasteiger charge is -2.37. The lowest BCUT2D eigenvalue weighted by atomic mass is 10.3. The molecule has 1 saturated heterocycles. The quantitative estimate of drug-likeness (QED) is 0.441. The molecule has 1 fully saturated rings. The van der Waals surface area contributed by atoms with Gasteiger partial charge >= 0.3 is 0 Å². The molecule has 3 rings (SSSR count). The number of anilines is 1. The van der Waals surface area contributed by atoms with Gasteiger partial charge in [0.15, 0.2) is 5.96 Å². The van der Waals surface area contributed by atoms with Gasteiger partial charge in [0.05, 0.1) is 6.54 Å². The summed E-state index contributed by atoms with van der Waals surface area (Å²) < 4.78 is 1.92. The van der Waals surface area contributed by atoms with Gasteiger partial charge in [0, 0.05) is 58.4 Å². The summed E-state index contributed by atoms with van der Waals surface area (Å²) in [5, 5.41) is 7.62.